The van der Waals surface area contributed by atoms with Gasteiger partial charge in [0.1, 0.15) is 17.7 Å². The number of benzene rings is 2. The van der Waals surface area contributed by atoms with Crippen LogP contribution in [0.3, 0.4) is 0 Å². The number of nitrogen functional groups attached to an aromatic ring is 1. The van der Waals surface area contributed by atoms with Gasteiger partial charge in [0.2, 0.25) is 5.91 Å². The van der Waals surface area contributed by atoms with E-state index in [4.69, 9.17) is 10.5 Å². The standard InChI is InChI=1S/C18H21FN2O2.ClH/c1-2-16(23-17-5-3-4-14(19)11-17)12-21-18(22)10-13-6-8-15(20)9-7-13;/h3-9,11,16H,2,10,12,20H2,1H3,(H,21,22);1H. The molecule has 24 heavy (non-hydrogen) atoms. The van der Waals surface area contributed by atoms with Crippen LogP contribution in [0.4, 0.5) is 10.1 Å². The molecular formula is C18H22ClFN2O2. The topological polar surface area (TPSA) is 64.4 Å². The predicted octanol–water partition coefficient (Wildman–Crippen LogP) is 3.35. The Morgan fingerprint density at radius 2 is 1.96 bits per heavy atom. The van der Waals surface area contributed by atoms with Crippen LogP contribution in [0.25, 0.3) is 0 Å². The van der Waals surface area contributed by atoms with Gasteiger partial charge in [-0.3, -0.25) is 4.79 Å². The van der Waals surface area contributed by atoms with Crippen molar-refractivity contribution in [1.29, 1.82) is 0 Å². The van der Waals surface area contributed by atoms with Gasteiger partial charge in [-0.15, -0.1) is 12.4 Å². The van der Waals surface area contributed by atoms with Crippen LogP contribution >= 0.6 is 12.4 Å². The van der Waals surface area contributed by atoms with E-state index in [0.717, 1.165) is 5.56 Å². The van der Waals surface area contributed by atoms with Gasteiger partial charge in [-0.25, -0.2) is 4.39 Å². The van der Waals surface area contributed by atoms with Gasteiger partial charge in [0.25, 0.3) is 0 Å². The molecule has 0 fully saturated rings. The summed E-state index contributed by atoms with van der Waals surface area (Å²) in [5, 5.41) is 2.84. The highest BCUT2D eigenvalue weighted by atomic mass is 35.5. The molecule has 2 aromatic rings. The average Bonchev–Trinajstić information content (AvgIpc) is 2.53. The van der Waals surface area contributed by atoms with E-state index in [1.165, 1.54) is 12.1 Å². The zero-order chi connectivity index (χ0) is 16.7. The normalized spacial score (nSPS) is 11.2. The van der Waals surface area contributed by atoms with Crippen molar-refractivity contribution < 1.29 is 13.9 Å². The Bertz CT molecular complexity index is 650. The van der Waals surface area contributed by atoms with Crippen molar-refractivity contribution >= 4 is 24.0 Å². The number of carbonyl (C=O) groups excluding carboxylic acids is 1. The lowest BCUT2D eigenvalue weighted by Crippen LogP contribution is -2.35. The van der Waals surface area contributed by atoms with E-state index in [1.807, 2.05) is 19.1 Å². The van der Waals surface area contributed by atoms with Crippen LogP contribution in [0.1, 0.15) is 18.9 Å². The van der Waals surface area contributed by atoms with E-state index in [2.05, 4.69) is 5.32 Å². The fourth-order valence-electron chi connectivity index (χ4n) is 2.11. The van der Waals surface area contributed by atoms with Gasteiger partial charge in [-0.2, -0.15) is 0 Å². The van der Waals surface area contributed by atoms with E-state index in [1.54, 1.807) is 24.3 Å². The molecule has 2 rings (SSSR count). The van der Waals surface area contributed by atoms with Crippen molar-refractivity contribution in [3.8, 4) is 5.75 Å². The van der Waals surface area contributed by atoms with Gasteiger partial charge in [-0.05, 0) is 36.2 Å². The third-order valence-electron chi connectivity index (χ3n) is 3.43. The molecule has 0 aliphatic carbocycles. The number of carbonyl (C=O) groups is 1. The third-order valence-corrected chi connectivity index (χ3v) is 3.43. The second-order valence-electron chi connectivity index (χ2n) is 5.33. The van der Waals surface area contributed by atoms with Crippen LogP contribution < -0.4 is 15.8 Å². The van der Waals surface area contributed by atoms with Crippen LogP contribution in [0, 0.1) is 5.82 Å². The molecule has 1 unspecified atom stereocenters. The molecule has 0 saturated heterocycles. The minimum Gasteiger partial charge on any atom is -0.489 e. The van der Waals surface area contributed by atoms with Gasteiger partial charge >= 0.3 is 0 Å². The zero-order valence-corrected chi connectivity index (χ0v) is 14.3. The van der Waals surface area contributed by atoms with E-state index in [9.17, 15) is 9.18 Å². The maximum Gasteiger partial charge on any atom is 0.224 e. The number of anilines is 1. The number of halogens is 2. The monoisotopic (exact) mass is 352 g/mol. The summed E-state index contributed by atoms with van der Waals surface area (Å²) in [4.78, 5) is 12.0. The van der Waals surface area contributed by atoms with E-state index < -0.39 is 0 Å². The van der Waals surface area contributed by atoms with Crippen molar-refractivity contribution in [2.45, 2.75) is 25.9 Å². The molecule has 2 aromatic carbocycles. The number of ether oxygens (including phenoxy) is 1. The van der Waals surface area contributed by atoms with E-state index in [0.29, 0.717) is 24.4 Å². The Morgan fingerprint density at radius 1 is 1.25 bits per heavy atom. The summed E-state index contributed by atoms with van der Waals surface area (Å²) >= 11 is 0. The zero-order valence-electron chi connectivity index (χ0n) is 13.5. The lowest BCUT2D eigenvalue weighted by Gasteiger charge is -2.18. The van der Waals surface area contributed by atoms with Crippen molar-refractivity contribution in [1.82, 2.24) is 5.32 Å². The second kappa shape index (κ2) is 9.78. The van der Waals surface area contributed by atoms with Gasteiger partial charge in [-0.1, -0.05) is 25.1 Å². The van der Waals surface area contributed by atoms with Gasteiger partial charge in [0.15, 0.2) is 0 Å². The number of nitrogens with one attached hydrogen (secondary N) is 1. The fraction of sp³-hybridized carbons (Fsp3) is 0.278. The molecular weight excluding hydrogens is 331 g/mol. The summed E-state index contributed by atoms with van der Waals surface area (Å²) in [6, 6.07) is 13.2. The molecule has 3 N–H and O–H groups in total. The molecule has 130 valence electrons. The molecule has 1 atom stereocenters. The number of hydrogen-bond donors (Lipinski definition) is 2. The lowest BCUT2D eigenvalue weighted by atomic mass is 10.1. The molecule has 0 aliphatic heterocycles. The predicted molar refractivity (Wildman–Crippen MR) is 95.9 cm³/mol. The first kappa shape index (κ1) is 19.8. The number of hydrogen-bond acceptors (Lipinski definition) is 3. The number of rotatable bonds is 7. The van der Waals surface area contributed by atoms with Crippen molar-refractivity contribution in [3.63, 3.8) is 0 Å². The average molecular weight is 353 g/mol. The summed E-state index contributed by atoms with van der Waals surface area (Å²) < 4.78 is 18.8. The first-order valence-corrected chi connectivity index (χ1v) is 7.60. The summed E-state index contributed by atoms with van der Waals surface area (Å²) in [5.74, 6) is 0.0328. The van der Waals surface area contributed by atoms with Gasteiger partial charge in [0, 0.05) is 11.8 Å². The van der Waals surface area contributed by atoms with E-state index >= 15 is 0 Å². The van der Waals surface area contributed by atoms with Crippen LogP contribution in [0.2, 0.25) is 0 Å². The molecule has 1 amide bonds. The molecule has 0 saturated carbocycles. The largest absolute Gasteiger partial charge is 0.489 e. The first-order valence-electron chi connectivity index (χ1n) is 7.60. The third kappa shape index (κ3) is 6.46. The highest BCUT2D eigenvalue weighted by molar-refractivity contribution is 5.85. The van der Waals surface area contributed by atoms with Crippen molar-refractivity contribution in [2.75, 3.05) is 12.3 Å². The van der Waals surface area contributed by atoms with Crippen LogP contribution in [0.5, 0.6) is 5.75 Å². The van der Waals surface area contributed by atoms with Gasteiger partial charge in [0.05, 0.1) is 13.0 Å². The summed E-state index contributed by atoms with van der Waals surface area (Å²) in [6.07, 6.45) is 0.794. The molecule has 0 spiro atoms. The molecule has 0 heterocycles. The highest BCUT2D eigenvalue weighted by Gasteiger charge is 2.11. The minimum absolute atomic E-state index is 0. The first-order chi connectivity index (χ1) is 11.1. The van der Waals surface area contributed by atoms with Crippen LogP contribution in [0.15, 0.2) is 48.5 Å². The Balaban J connectivity index is 0.00000288. The fourth-order valence-corrected chi connectivity index (χ4v) is 2.11. The van der Waals surface area contributed by atoms with Gasteiger partial charge < -0.3 is 15.8 Å². The Morgan fingerprint density at radius 3 is 2.58 bits per heavy atom. The second-order valence-corrected chi connectivity index (χ2v) is 5.33. The van der Waals surface area contributed by atoms with Crippen LogP contribution in [-0.2, 0) is 11.2 Å². The Kier molecular flexibility index (Phi) is 8.06. The molecule has 0 aliphatic rings. The highest BCUT2D eigenvalue weighted by Crippen LogP contribution is 2.14. The molecule has 0 bridgehead atoms. The van der Waals surface area contributed by atoms with Crippen LogP contribution in [-0.4, -0.2) is 18.6 Å². The van der Waals surface area contributed by atoms with Crippen molar-refractivity contribution in [3.05, 3.63) is 59.9 Å². The Hall–Kier alpha value is -2.27. The van der Waals surface area contributed by atoms with E-state index in [-0.39, 0.29) is 36.7 Å². The molecule has 0 aromatic heterocycles. The van der Waals surface area contributed by atoms with Crippen molar-refractivity contribution in [2.24, 2.45) is 0 Å². The quantitative estimate of drug-likeness (QED) is 0.751. The SMILES string of the molecule is CCC(CNC(=O)Cc1ccc(N)cc1)Oc1cccc(F)c1.Cl. The summed E-state index contributed by atoms with van der Waals surface area (Å²) in [7, 11) is 0. The maximum absolute atomic E-state index is 13.1. The summed E-state index contributed by atoms with van der Waals surface area (Å²) in [5.41, 5.74) is 7.18. The number of amides is 1. The smallest absolute Gasteiger partial charge is 0.224 e. The Labute approximate surface area is 147 Å². The summed E-state index contributed by atoms with van der Waals surface area (Å²) in [6.45, 7) is 2.33. The minimum atomic E-state index is -0.343. The molecule has 4 nitrogen and oxygen atoms in total. The lowest BCUT2D eigenvalue weighted by molar-refractivity contribution is -0.120. The maximum atomic E-state index is 13.1. The number of nitrogens with two attached hydrogens (primary N) is 1. The molecule has 0 radical (unpaired) electrons. The molecule has 6 heteroatoms.